The smallest absolute Gasteiger partial charge is 0.316 e. The van der Waals surface area contributed by atoms with Gasteiger partial charge in [-0.2, -0.15) is 0 Å². The number of rotatable bonds is 7. The van der Waals surface area contributed by atoms with Crippen LogP contribution in [-0.4, -0.2) is 50.3 Å². The number of hydrogen-bond donors (Lipinski definition) is 2. The maximum Gasteiger partial charge on any atom is 0.316 e. The van der Waals surface area contributed by atoms with Crippen LogP contribution >= 0.6 is 11.3 Å². The lowest BCUT2D eigenvalue weighted by Gasteiger charge is -2.36. The third kappa shape index (κ3) is 4.40. The number of nitrogens with zero attached hydrogens (tertiary/aromatic N) is 2. The summed E-state index contributed by atoms with van der Waals surface area (Å²) in [7, 11) is 0. The molecular weight excluding hydrogens is 420 g/mol. The van der Waals surface area contributed by atoms with Gasteiger partial charge in [0.25, 0.3) is 0 Å². The highest BCUT2D eigenvalue weighted by Gasteiger charge is 2.23. The van der Waals surface area contributed by atoms with Gasteiger partial charge >= 0.3 is 6.03 Å². The molecule has 0 atom stereocenters. The Morgan fingerprint density at radius 2 is 1.91 bits per heavy atom. The van der Waals surface area contributed by atoms with Crippen LogP contribution in [0, 0.1) is 0 Å². The zero-order valence-corrected chi connectivity index (χ0v) is 19.1. The summed E-state index contributed by atoms with van der Waals surface area (Å²) in [5.74, 6) is 1.10. The maximum atomic E-state index is 11.5. The number of amides is 2. The van der Waals surface area contributed by atoms with Crippen molar-refractivity contribution in [2.45, 2.75) is 25.7 Å². The zero-order chi connectivity index (χ0) is 21.9. The molecule has 7 heteroatoms. The summed E-state index contributed by atoms with van der Waals surface area (Å²) < 4.78 is 7.09. The van der Waals surface area contributed by atoms with Crippen molar-refractivity contribution in [3.63, 3.8) is 0 Å². The van der Waals surface area contributed by atoms with Crippen molar-refractivity contribution in [1.82, 2.24) is 4.90 Å². The quantitative estimate of drug-likeness (QED) is 0.521. The summed E-state index contributed by atoms with van der Waals surface area (Å²) in [6.45, 7) is 6.18. The summed E-state index contributed by atoms with van der Waals surface area (Å²) in [5, 5.41) is 3.93. The average molecular weight is 451 g/mol. The lowest BCUT2D eigenvalue weighted by molar-refractivity contribution is 0.252. The minimum atomic E-state index is -0.498. The summed E-state index contributed by atoms with van der Waals surface area (Å²) in [5.41, 5.74) is 8.91. The number of piperazine rings is 1. The molecule has 1 fully saturated rings. The van der Waals surface area contributed by atoms with E-state index < -0.39 is 6.03 Å². The lowest BCUT2D eigenvalue weighted by Crippen LogP contribution is -2.46. The van der Waals surface area contributed by atoms with Crippen LogP contribution in [0.5, 0.6) is 5.75 Å². The van der Waals surface area contributed by atoms with E-state index in [1.54, 1.807) is 11.3 Å². The second kappa shape index (κ2) is 9.38. The maximum absolute atomic E-state index is 11.5. The van der Waals surface area contributed by atoms with Crippen LogP contribution in [0.4, 0.5) is 16.2 Å². The van der Waals surface area contributed by atoms with Crippen LogP contribution in [-0.2, 0) is 12.8 Å². The van der Waals surface area contributed by atoms with E-state index >= 15 is 0 Å². The highest BCUT2D eigenvalue weighted by Crippen LogP contribution is 2.37. The number of carbonyl (C=O) groups excluding carboxylic acids is 1. The van der Waals surface area contributed by atoms with E-state index in [4.69, 9.17) is 10.5 Å². The number of unbranched alkanes of at least 4 members (excludes halogenated alkanes) is 1. The van der Waals surface area contributed by atoms with Gasteiger partial charge in [-0.1, -0.05) is 30.3 Å². The molecule has 0 radical (unpaired) electrons. The first-order chi connectivity index (χ1) is 15.7. The first-order valence-corrected chi connectivity index (χ1v) is 12.3. The molecule has 1 aromatic heterocycles. The molecule has 32 heavy (non-hydrogen) atoms. The fourth-order valence-electron chi connectivity index (χ4n) is 4.81. The molecule has 0 aliphatic carbocycles. The van der Waals surface area contributed by atoms with Gasteiger partial charge in [-0.25, -0.2) is 4.79 Å². The molecule has 6 nitrogen and oxygen atoms in total. The van der Waals surface area contributed by atoms with E-state index in [1.807, 2.05) is 18.2 Å². The van der Waals surface area contributed by atoms with E-state index in [-0.39, 0.29) is 0 Å². The topological polar surface area (TPSA) is 70.8 Å². The van der Waals surface area contributed by atoms with Gasteiger partial charge in [0, 0.05) is 47.6 Å². The van der Waals surface area contributed by atoms with Gasteiger partial charge in [0.05, 0.1) is 18.0 Å². The molecule has 3 heterocycles. The molecule has 2 aromatic carbocycles. The number of para-hydroxylation sites is 1. The second-order valence-corrected chi connectivity index (χ2v) is 9.67. The standard InChI is InChI=1S/C25H30N4O2S/c26-25(30)27-23-19-7-1-2-9-21(19)32-22(23)10-3-4-12-28-13-15-29(16-14-28)20-8-5-6-18-11-17-31-24(18)20/h1-2,5-9H,3-4,10-17H2,(H3,26,27,30). The Labute approximate surface area is 192 Å². The zero-order valence-electron chi connectivity index (χ0n) is 18.3. The van der Waals surface area contributed by atoms with Gasteiger partial charge in [-0.3, -0.25) is 4.90 Å². The van der Waals surface area contributed by atoms with E-state index in [2.05, 4.69) is 39.4 Å². The number of hydrogen-bond acceptors (Lipinski definition) is 5. The molecule has 0 spiro atoms. The summed E-state index contributed by atoms with van der Waals surface area (Å²) in [4.78, 5) is 17.7. The molecule has 1 saturated heterocycles. The van der Waals surface area contributed by atoms with Gasteiger partial charge in [-0.15, -0.1) is 11.3 Å². The lowest BCUT2D eigenvalue weighted by atomic mass is 10.1. The van der Waals surface area contributed by atoms with Crippen molar-refractivity contribution in [2.24, 2.45) is 5.73 Å². The highest BCUT2D eigenvalue weighted by atomic mass is 32.1. The fraction of sp³-hybridized carbons (Fsp3) is 0.400. The minimum absolute atomic E-state index is 0.498. The molecule has 2 amide bonds. The fourth-order valence-corrected chi connectivity index (χ4v) is 6.01. The SMILES string of the molecule is NC(=O)Nc1c(CCCCN2CCN(c3cccc4c3OCC4)CC2)sc2ccccc12. The van der Waals surface area contributed by atoms with E-state index in [0.717, 1.165) is 81.8 Å². The Balaban J connectivity index is 1.12. The number of benzene rings is 2. The normalized spacial score (nSPS) is 16.2. The Hall–Kier alpha value is -2.77. The predicted molar refractivity (Wildman–Crippen MR) is 132 cm³/mol. The number of thiophene rings is 1. The number of aryl methyl sites for hydroxylation is 1. The van der Waals surface area contributed by atoms with Gasteiger partial charge in [0.15, 0.2) is 0 Å². The average Bonchev–Trinajstić information content (AvgIpc) is 3.42. The van der Waals surface area contributed by atoms with E-state index in [1.165, 1.54) is 20.8 Å². The van der Waals surface area contributed by atoms with E-state index in [0.29, 0.717) is 0 Å². The Kier molecular flexibility index (Phi) is 6.19. The first kappa shape index (κ1) is 21.1. The minimum Gasteiger partial charge on any atom is -0.491 e. The van der Waals surface area contributed by atoms with Crippen molar-refractivity contribution in [3.05, 3.63) is 52.9 Å². The number of urea groups is 1. The second-order valence-electron chi connectivity index (χ2n) is 8.54. The molecule has 5 rings (SSSR count). The molecule has 2 aliphatic heterocycles. The predicted octanol–water partition coefficient (Wildman–Crippen LogP) is 4.47. The van der Waals surface area contributed by atoms with Crippen LogP contribution in [0.25, 0.3) is 10.1 Å². The summed E-state index contributed by atoms with van der Waals surface area (Å²) >= 11 is 1.76. The summed E-state index contributed by atoms with van der Waals surface area (Å²) in [6, 6.07) is 14.2. The summed E-state index contributed by atoms with van der Waals surface area (Å²) in [6.07, 6.45) is 4.23. The largest absolute Gasteiger partial charge is 0.491 e. The molecule has 2 aliphatic rings. The molecule has 3 N–H and O–H groups in total. The number of nitrogens with one attached hydrogen (secondary N) is 1. The van der Waals surface area contributed by atoms with E-state index in [9.17, 15) is 4.79 Å². The Morgan fingerprint density at radius 1 is 1.06 bits per heavy atom. The van der Waals surface area contributed by atoms with Gasteiger partial charge in [0.1, 0.15) is 5.75 Å². The molecule has 0 unspecified atom stereocenters. The van der Waals surface area contributed by atoms with Crippen LogP contribution in [0.15, 0.2) is 42.5 Å². The van der Waals surface area contributed by atoms with Crippen molar-refractivity contribution in [3.8, 4) is 5.75 Å². The van der Waals surface area contributed by atoms with Crippen molar-refractivity contribution < 1.29 is 9.53 Å². The first-order valence-electron chi connectivity index (χ1n) is 11.5. The molecular formula is C25H30N4O2S. The van der Waals surface area contributed by atoms with Gasteiger partial charge < -0.3 is 20.7 Å². The van der Waals surface area contributed by atoms with Crippen molar-refractivity contribution >= 4 is 38.8 Å². The molecule has 168 valence electrons. The Morgan fingerprint density at radius 3 is 2.75 bits per heavy atom. The molecule has 0 bridgehead atoms. The van der Waals surface area contributed by atoms with Crippen LogP contribution in [0.3, 0.4) is 0 Å². The van der Waals surface area contributed by atoms with Crippen molar-refractivity contribution in [1.29, 1.82) is 0 Å². The highest BCUT2D eigenvalue weighted by molar-refractivity contribution is 7.19. The molecule has 3 aromatic rings. The number of primary amides is 1. The van der Waals surface area contributed by atoms with Gasteiger partial charge in [0.2, 0.25) is 0 Å². The number of anilines is 2. The van der Waals surface area contributed by atoms with Gasteiger partial charge in [-0.05, 0) is 43.5 Å². The molecule has 0 saturated carbocycles. The number of nitrogens with two attached hydrogens (primary N) is 1. The third-order valence-electron chi connectivity index (χ3n) is 6.45. The number of carbonyl (C=O) groups is 1. The van der Waals surface area contributed by atoms with Crippen LogP contribution in [0.2, 0.25) is 0 Å². The number of fused-ring (bicyclic) bond motifs is 2. The third-order valence-corrected chi connectivity index (χ3v) is 7.68. The monoisotopic (exact) mass is 450 g/mol. The van der Waals surface area contributed by atoms with Crippen LogP contribution < -0.4 is 20.7 Å². The Bertz CT molecular complexity index is 1100. The van der Waals surface area contributed by atoms with Crippen molar-refractivity contribution in [2.75, 3.05) is 49.5 Å². The number of ether oxygens (including phenoxy) is 1. The van der Waals surface area contributed by atoms with Crippen LogP contribution in [0.1, 0.15) is 23.3 Å².